The van der Waals surface area contributed by atoms with Gasteiger partial charge in [0.2, 0.25) is 0 Å². The molecular weight excluding hydrogens is 186 g/mol. The molecule has 1 unspecified atom stereocenters. The lowest BCUT2D eigenvalue weighted by Crippen LogP contribution is -2.53. The molecule has 0 aromatic rings. The first-order valence-corrected chi connectivity index (χ1v) is 6.55. The highest BCUT2D eigenvalue weighted by Gasteiger charge is 2.40. The fourth-order valence-corrected chi connectivity index (χ4v) is 3.33. The van der Waals surface area contributed by atoms with Crippen molar-refractivity contribution in [2.75, 3.05) is 13.1 Å². The monoisotopic (exact) mass is 211 g/mol. The lowest BCUT2D eigenvalue weighted by Gasteiger charge is -2.42. The quantitative estimate of drug-likeness (QED) is 0.775. The number of rotatable bonds is 3. The van der Waals surface area contributed by atoms with E-state index in [-0.39, 0.29) is 11.6 Å². The van der Waals surface area contributed by atoms with Crippen molar-refractivity contribution in [2.24, 2.45) is 5.92 Å². The Hall–Kier alpha value is -0.0800. The molecule has 0 aromatic carbocycles. The normalized spacial score (nSPS) is 27.4. The predicted molar refractivity (Wildman–Crippen MR) is 62.9 cm³/mol. The van der Waals surface area contributed by atoms with E-state index < -0.39 is 0 Å². The van der Waals surface area contributed by atoms with Crippen molar-refractivity contribution < 1.29 is 5.11 Å². The molecule has 0 spiro atoms. The topological polar surface area (TPSA) is 23.5 Å². The van der Waals surface area contributed by atoms with E-state index in [0.717, 1.165) is 0 Å². The van der Waals surface area contributed by atoms with Crippen molar-refractivity contribution in [1.29, 1.82) is 0 Å². The smallest absolute Gasteiger partial charge is 0.0746 e. The second kappa shape index (κ2) is 4.42. The van der Waals surface area contributed by atoms with Crippen LogP contribution in [0.4, 0.5) is 0 Å². The van der Waals surface area contributed by atoms with Crippen LogP contribution < -0.4 is 0 Å². The Bertz CT molecular complexity index is 203. The third-order valence-corrected chi connectivity index (χ3v) is 4.49. The SMILES string of the molecule is CC(C)(C(O)C1CCCC1)N1CCCC1. The summed E-state index contributed by atoms with van der Waals surface area (Å²) in [7, 11) is 0. The first kappa shape index (κ1) is 11.4. The summed E-state index contributed by atoms with van der Waals surface area (Å²) in [5, 5.41) is 10.5. The van der Waals surface area contributed by atoms with Gasteiger partial charge in [-0.2, -0.15) is 0 Å². The Balaban J connectivity index is 1.99. The van der Waals surface area contributed by atoms with Crippen LogP contribution in [0.2, 0.25) is 0 Å². The third kappa shape index (κ3) is 2.21. The maximum atomic E-state index is 10.5. The second-order valence-electron chi connectivity index (χ2n) is 5.84. The summed E-state index contributed by atoms with van der Waals surface area (Å²) in [6, 6.07) is 0. The Morgan fingerprint density at radius 3 is 2.13 bits per heavy atom. The van der Waals surface area contributed by atoms with Crippen molar-refractivity contribution in [3.05, 3.63) is 0 Å². The van der Waals surface area contributed by atoms with E-state index in [1.165, 1.54) is 51.6 Å². The highest BCUT2D eigenvalue weighted by Crippen LogP contribution is 2.35. The molecule has 2 fully saturated rings. The van der Waals surface area contributed by atoms with Crippen molar-refractivity contribution >= 4 is 0 Å². The summed E-state index contributed by atoms with van der Waals surface area (Å²) in [4.78, 5) is 2.48. The van der Waals surface area contributed by atoms with Crippen LogP contribution in [-0.2, 0) is 0 Å². The van der Waals surface area contributed by atoms with Gasteiger partial charge in [0.05, 0.1) is 6.10 Å². The van der Waals surface area contributed by atoms with E-state index in [0.29, 0.717) is 5.92 Å². The zero-order valence-electron chi connectivity index (χ0n) is 10.2. The van der Waals surface area contributed by atoms with Gasteiger partial charge in [-0.15, -0.1) is 0 Å². The molecule has 2 rings (SSSR count). The van der Waals surface area contributed by atoms with Crippen LogP contribution in [0.1, 0.15) is 52.4 Å². The molecule has 15 heavy (non-hydrogen) atoms. The first-order chi connectivity index (χ1) is 7.12. The molecule has 2 aliphatic rings. The fraction of sp³-hybridized carbons (Fsp3) is 1.00. The summed E-state index contributed by atoms with van der Waals surface area (Å²) >= 11 is 0. The Kier molecular flexibility index (Phi) is 3.36. The molecular formula is C13H25NO. The molecule has 88 valence electrons. The van der Waals surface area contributed by atoms with Crippen LogP contribution in [0.15, 0.2) is 0 Å². The van der Waals surface area contributed by atoms with Crippen LogP contribution in [0.3, 0.4) is 0 Å². The minimum atomic E-state index is -0.127. The molecule has 1 N–H and O–H groups in total. The maximum Gasteiger partial charge on any atom is 0.0746 e. The molecule has 0 amide bonds. The van der Waals surface area contributed by atoms with Gasteiger partial charge in [0.1, 0.15) is 0 Å². The molecule has 1 heterocycles. The Morgan fingerprint density at radius 1 is 1.07 bits per heavy atom. The molecule has 2 nitrogen and oxygen atoms in total. The molecule has 2 heteroatoms. The third-order valence-electron chi connectivity index (χ3n) is 4.49. The minimum Gasteiger partial charge on any atom is -0.391 e. The number of nitrogens with zero attached hydrogens (tertiary/aromatic N) is 1. The molecule has 0 bridgehead atoms. The zero-order valence-corrected chi connectivity index (χ0v) is 10.2. The van der Waals surface area contributed by atoms with Gasteiger partial charge in [-0.1, -0.05) is 12.8 Å². The van der Waals surface area contributed by atoms with Crippen LogP contribution >= 0.6 is 0 Å². The minimum absolute atomic E-state index is 0.00843. The molecule has 1 saturated heterocycles. The van der Waals surface area contributed by atoms with Crippen molar-refractivity contribution in [3.8, 4) is 0 Å². The molecule has 1 saturated carbocycles. The predicted octanol–water partition coefficient (Wildman–Crippen LogP) is 2.41. The number of hydrogen-bond donors (Lipinski definition) is 1. The Labute approximate surface area is 93.7 Å². The van der Waals surface area contributed by atoms with Gasteiger partial charge in [0, 0.05) is 5.54 Å². The zero-order chi connectivity index (χ0) is 10.9. The largest absolute Gasteiger partial charge is 0.391 e. The van der Waals surface area contributed by atoms with Crippen molar-refractivity contribution in [1.82, 2.24) is 4.90 Å². The fourth-order valence-electron chi connectivity index (χ4n) is 3.33. The van der Waals surface area contributed by atoms with E-state index >= 15 is 0 Å². The van der Waals surface area contributed by atoms with Gasteiger partial charge in [-0.3, -0.25) is 4.90 Å². The van der Waals surface area contributed by atoms with Gasteiger partial charge < -0.3 is 5.11 Å². The lowest BCUT2D eigenvalue weighted by molar-refractivity contribution is -0.0310. The molecule has 1 aliphatic carbocycles. The lowest BCUT2D eigenvalue weighted by atomic mass is 9.84. The summed E-state index contributed by atoms with van der Waals surface area (Å²) in [6.45, 7) is 6.80. The molecule has 0 aromatic heterocycles. The average molecular weight is 211 g/mol. The number of hydrogen-bond acceptors (Lipinski definition) is 2. The van der Waals surface area contributed by atoms with E-state index in [9.17, 15) is 5.11 Å². The van der Waals surface area contributed by atoms with E-state index in [2.05, 4.69) is 18.7 Å². The maximum absolute atomic E-state index is 10.5. The average Bonchev–Trinajstić information content (AvgIpc) is 2.89. The number of aliphatic hydroxyl groups is 1. The highest BCUT2D eigenvalue weighted by atomic mass is 16.3. The molecule has 1 aliphatic heterocycles. The standard InChI is InChI=1S/C13H25NO/c1-13(2,14-9-5-6-10-14)12(15)11-7-3-4-8-11/h11-12,15H,3-10H2,1-2H3. The number of aliphatic hydroxyl groups excluding tert-OH is 1. The van der Waals surface area contributed by atoms with E-state index in [1.807, 2.05) is 0 Å². The Morgan fingerprint density at radius 2 is 1.60 bits per heavy atom. The summed E-state index contributed by atoms with van der Waals surface area (Å²) in [6.07, 6.45) is 7.59. The number of likely N-dealkylation sites (tertiary alicyclic amines) is 1. The van der Waals surface area contributed by atoms with Crippen molar-refractivity contribution in [2.45, 2.75) is 64.0 Å². The van der Waals surface area contributed by atoms with Gasteiger partial charge in [0.15, 0.2) is 0 Å². The van der Waals surface area contributed by atoms with Gasteiger partial charge in [0.25, 0.3) is 0 Å². The van der Waals surface area contributed by atoms with Gasteiger partial charge in [-0.25, -0.2) is 0 Å². The molecule has 1 atom stereocenters. The summed E-state index contributed by atoms with van der Waals surface area (Å²) < 4.78 is 0. The van der Waals surface area contributed by atoms with Crippen molar-refractivity contribution in [3.63, 3.8) is 0 Å². The van der Waals surface area contributed by atoms with Gasteiger partial charge in [-0.05, 0) is 58.5 Å². The van der Waals surface area contributed by atoms with Gasteiger partial charge >= 0.3 is 0 Å². The summed E-state index contributed by atoms with van der Waals surface area (Å²) in [5.41, 5.74) is -0.00843. The molecule has 0 radical (unpaired) electrons. The summed E-state index contributed by atoms with van der Waals surface area (Å²) in [5.74, 6) is 0.556. The van der Waals surface area contributed by atoms with Crippen LogP contribution in [0.25, 0.3) is 0 Å². The van der Waals surface area contributed by atoms with Crippen LogP contribution in [-0.4, -0.2) is 34.7 Å². The van der Waals surface area contributed by atoms with Crippen LogP contribution in [0.5, 0.6) is 0 Å². The first-order valence-electron chi connectivity index (χ1n) is 6.55. The highest BCUT2D eigenvalue weighted by molar-refractivity contribution is 4.95. The second-order valence-corrected chi connectivity index (χ2v) is 5.84. The van der Waals surface area contributed by atoms with Crippen LogP contribution in [0, 0.1) is 5.92 Å². The van der Waals surface area contributed by atoms with E-state index in [1.54, 1.807) is 0 Å². The van der Waals surface area contributed by atoms with E-state index in [4.69, 9.17) is 0 Å².